The number of thiophene rings is 1. The monoisotopic (exact) mass is 434 g/mol. The van der Waals surface area contributed by atoms with Gasteiger partial charge in [-0.15, -0.1) is 11.3 Å². The highest BCUT2D eigenvalue weighted by atomic mass is 79.9. The molecule has 0 aliphatic carbocycles. The molecule has 0 unspecified atom stereocenters. The van der Waals surface area contributed by atoms with Gasteiger partial charge in [0.2, 0.25) is 0 Å². The lowest BCUT2D eigenvalue weighted by molar-refractivity contribution is -0.0512. The van der Waals surface area contributed by atoms with Gasteiger partial charge < -0.3 is 19.7 Å². The van der Waals surface area contributed by atoms with Crippen molar-refractivity contribution in [3.63, 3.8) is 0 Å². The Morgan fingerprint density at radius 3 is 2.72 bits per heavy atom. The first-order chi connectivity index (χ1) is 11.9. The van der Waals surface area contributed by atoms with Crippen molar-refractivity contribution in [3.8, 4) is 11.5 Å². The molecule has 2 amide bonds. The molecule has 2 rings (SSSR count). The van der Waals surface area contributed by atoms with Crippen LogP contribution in [-0.2, 0) is 13.1 Å². The van der Waals surface area contributed by atoms with Crippen molar-refractivity contribution in [2.75, 3.05) is 14.2 Å². The maximum atomic E-state index is 12.3. The number of amides is 2. The molecule has 0 radical (unpaired) electrons. The van der Waals surface area contributed by atoms with Gasteiger partial charge in [-0.2, -0.15) is 8.78 Å². The first kappa shape index (κ1) is 19.5. The number of nitrogens with zero attached hydrogens (tertiary/aromatic N) is 1. The van der Waals surface area contributed by atoms with Crippen LogP contribution < -0.4 is 14.8 Å². The molecule has 1 aromatic carbocycles. The number of ether oxygens (including phenoxy) is 2. The lowest BCUT2D eigenvalue weighted by atomic mass is 10.2. The zero-order valence-corrected chi connectivity index (χ0v) is 16.0. The Hall–Kier alpha value is -1.87. The van der Waals surface area contributed by atoms with Crippen molar-refractivity contribution >= 4 is 33.3 Å². The van der Waals surface area contributed by atoms with Gasteiger partial charge in [0.05, 0.1) is 13.7 Å². The van der Waals surface area contributed by atoms with E-state index in [2.05, 4.69) is 26.0 Å². The van der Waals surface area contributed by atoms with E-state index >= 15 is 0 Å². The zero-order chi connectivity index (χ0) is 18.4. The number of rotatable bonds is 7. The zero-order valence-electron chi connectivity index (χ0n) is 13.6. The summed E-state index contributed by atoms with van der Waals surface area (Å²) in [7, 11) is 3.02. The Balaban J connectivity index is 1.94. The minimum absolute atomic E-state index is 0.0448. The third-order valence-corrected chi connectivity index (χ3v) is 4.94. The minimum Gasteiger partial charge on any atom is -0.493 e. The molecule has 1 N–H and O–H groups in total. The molecule has 5 nitrogen and oxygen atoms in total. The fourth-order valence-electron chi connectivity index (χ4n) is 2.09. The average Bonchev–Trinajstić information content (AvgIpc) is 2.98. The van der Waals surface area contributed by atoms with E-state index in [1.807, 2.05) is 11.4 Å². The summed E-state index contributed by atoms with van der Waals surface area (Å²) in [5, 5.41) is 4.76. The molecule has 0 aliphatic heterocycles. The third-order valence-electron chi connectivity index (χ3n) is 3.25. The molecule has 0 atom stereocenters. The number of carbonyl (C=O) groups excluding carboxylic acids is 1. The maximum absolute atomic E-state index is 12.3. The SMILES string of the molecule is COc1cc(CN(C)C(=O)NCc2cc(Br)cs2)ccc1OC(F)F. The second-order valence-corrected chi connectivity index (χ2v) is 7.02. The lowest BCUT2D eigenvalue weighted by Gasteiger charge is -2.19. The van der Waals surface area contributed by atoms with Crippen molar-refractivity contribution in [1.82, 2.24) is 10.2 Å². The summed E-state index contributed by atoms with van der Waals surface area (Å²) < 4.78 is 35.1. The van der Waals surface area contributed by atoms with Crippen LogP contribution in [0.3, 0.4) is 0 Å². The molecule has 2 aromatic rings. The molecule has 25 heavy (non-hydrogen) atoms. The predicted octanol–water partition coefficient (Wildman–Crippen LogP) is 4.46. The van der Waals surface area contributed by atoms with Gasteiger partial charge in [0.1, 0.15) is 0 Å². The van der Waals surface area contributed by atoms with Crippen LogP contribution in [0.5, 0.6) is 11.5 Å². The molecular weight excluding hydrogens is 418 g/mol. The van der Waals surface area contributed by atoms with Crippen LogP contribution in [0.4, 0.5) is 13.6 Å². The van der Waals surface area contributed by atoms with Crippen molar-refractivity contribution in [2.45, 2.75) is 19.7 Å². The van der Waals surface area contributed by atoms with Gasteiger partial charge in [0.15, 0.2) is 11.5 Å². The highest BCUT2D eigenvalue weighted by molar-refractivity contribution is 9.10. The van der Waals surface area contributed by atoms with Crippen LogP contribution in [0.1, 0.15) is 10.4 Å². The minimum atomic E-state index is -2.93. The van der Waals surface area contributed by atoms with Crippen LogP contribution in [-0.4, -0.2) is 31.7 Å². The Labute approximate surface area is 156 Å². The molecule has 0 spiro atoms. The Morgan fingerprint density at radius 1 is 1.36 bits per heavy atom. The number of methoxy groups -OCH3 is 1. The molecular formula is C16H17BrF2N2O3S. The molecule has 0 fully saturated rings. The van der Waals surface area contributed by atoms with Crippen molar-refractivity contribution in [1.29, 1.82) is 0 Å². The highest BCUT2D eigenvalue weighted by Crippen LogP contribution is 2.29. The van der Waals surface area contributed by atoms with Crippen LogP contribution in [0.25, 0.3) is 0 Å². The van der Waals surface area contributed by atoms with Crippen molar-refractivity contribution in [3.05, 3.63) is 44.6 Å². The molecule has 1 aromatic heterocycles. The summed E-state index contributed by atoms with van der Waals surface area (Å²) in [5.74, 6) is 0.145. The van der Waals surface area contributed by atoms with Crippen LogP contribution >= 0.6 is 27.3 Å². The van der Waals surface area contributed by atoms with E-state index in [4.69, 9.17) is 4.74 Å². The van der Waals surface area contributed by atoms with Gasteiger partial charge in [-0.3, -0.25) is 0 Å². The largest absolute Gasteiger partial charge is 0.493 e. The van der Waals surface area contributed by atoms with E-state index in [1.165, 1.54) is 18.1 Å². The first-order valence-electron chi connectivity index (χ1n) is 7.22. The Bertz CT molecular complexity index is 727. The number of nitrogens with one attached hydrogen (secondary N) is 1. The molecule has 0 saturated carbocycles. The fraction of sp³-hybridized carbons (Fsp3) is 0.312. The molecule has 9 heteroatoms. The van der Waals surface area contributed by atoms with E-state index in [-0.39, 0.29) is 17.5 Å². The normalized spacial score (nSPS) is 10.6. The number of benzene rings is 1. The topological polar surface area (TPSA) is 50.8 Å². The molecule has 136 valence electrons. The second-order valence-electron chi connectivity index (χ2n) is 5.11. The van der Waals surface area contributed by atoms with Gasteiger partial charge in [-0.05, 0) is 39.7 Å². The third kappa shape index (κ3) is 5.86. The molecule has 0 saturated heterocycles. The van der Waals surface area contributed by atoms with E-state index in [0.29, 0.717) is 13.1 Å². The smallest absolute Gasteiger partial charge is 0.387 e. The fourth-order valence-corrected chi connectivity index (χ4v) is 3.48. The van der Waals surface area contributed by atoms with Gasteiger partial charge >= 0.3 is 12.6 Å². The Morgan fingerprint density at radius 2 is 2.12 bits per heavy atom. The molecule has 0 bridgehead atoms. The number of halogens is 3. The van der Waals surface area contributed by atoms with Gasteiger partial charge in [0, 0.05) is 28.3 Å². The van der Waals surface area contributed by atoms with Gasteiger partial charge in [-0.1, -0.05) is 6.07 Å². The second kappa shape index (κ2) is 9.00. The van der Waals surface area contributed by atoms with E-state index in [0.717, 1.165) is 14.9 Å². The van der Waals surface area contributed by atoms with Crippen LogP contribution in [0.2, 0.25) is 0 Å². The summed E-state index contributed by atoms with van der Waals surface area (Å²) in [4.78, 5) is 14.7. The Kier molecular flexibility index (Phi) is 7.01. The summed E-state index contributed by atoms with van der Waals surface area (Å²) in [6.07, 6.45) is 0. The summed E-state index contributed by atoms with van der Waals surface area (Å²) in [5.41, 5.74) is 0.731. The molecule has 0 aliphatic rings. The van der Waals surface area contributed by atoms with Crippen molar-refractivity contribution in [2.24, 2.45) is 0 Å². The summed E-state index contributed by atoms with van der Waals surface area (Å²) in [6.45, 7) is -2.19. The van der Waals surface area contributed by atoms with Crippen LogP contribution in [0.15, 0.2) is 34.1 Å². The summed E-state index contributed by atoms with van der Waals surface area (Å²) >= 11 is 4.91. The molecule has 1 heterocycles. The van der Waals surface area contributed by atoms with Crippen molar-refractivity contribution < 1.29 is 23.0 Å². The average molecular weight is 435 g/mol. The predicted molar refractivity (Wildman–Crippen MR) is 95.3 cm³/mol. The number of hydrogen-bond donors (Lipinski definition) is 1. The lowest BCUT2D eigenvalue weighted by Crippen LogP contribution is -2.36. The van der Waals surface area contributed by atoms with Gasteiger partial charge in [0.25, 0.3) is 0 Å². The van der Waals surface area contributed by atoms with E-state index < -0.39 is 6.61 Å². The summed E-state index contributed by atoms with van der Waals surface area (Å²) in [6, 6.07) is 6.28. The number of hydrogen-bond acceptors (Lipinski definition) is 4. The first-order valence-corrected chi connectivity index (χ1v) is 8.90. The standard InChI is InChI=1S/C16H17BrF2N2O3S/c1-21(16(22)20-7-12-6-11(17)9-25-12)8-10-3-4-13(24-15(18)19)14(5-10)23-2/h3-6,9,15H,7-8H2,1-2H3,(H,20,22). The van der Waals surface area contributed by atoms with E-state index in [1.54, 1.807) is 30.5 Å². The van der Waals surface area contributed by atoms with Gasteiger partial charge in [-0.25, -0.2) is 4.79 Å². The highest BCUT2D eigenvalue weighted by Gasteiger charge is 2.14. The number of alkyl halides is 2. The number of urea groups is 1. The van der Waals surface area contributed by atoms with Crippen LogP contribution in [0, 0.1) is 0 Å². The number of carbonyl (C=O) groups is 1. The van der Waals surface area contributed by atoms with E-state index in [9.17, 15) is 13.6 Å². The quantitative estimate of drug-likeness (QED) is 0.699. The maximum Gasteiger partial charge on any atom is 0.387 e.